The standard InChI is InChI=1S/C51H82N2O17/c1-51(2,3)70-49(55)47(53-50(56)69-41-46-44-13-7-5-11-42(44)43-12-6-8-14-45(43)46)15-9-10-17-52-48(54)16-18-58-21-22-60-25-26-62-29-30-64-33-34-66-37-38-68-40-39-67-36-35-65-32-31-63-28-27-61-24-23-59-20-19-57-4/h5-8,11-14,46-47H,9-10,15-41H2,1-4H3,(H,52,54)(H,53,56)/t47-/m0/s1. The van der Waals surface area contributed by atoms with Crippen molar-refractivity contribution >= 4 is 18.0 Å². The summed E-state index contributed by atoms with van der Waals surface area (Å²) in [6, 6.07) is 15.3. The van der Waals surface area contributed by atoms with Crippen LogP contribution >= 0.6 is 0 Å². The summed E-state index contributed by atoms with van der Waals surface area (Å²) < 4.78 is 76.4. The fraction of sp³-hybridized carbons (Fsp3) is 0.706. The van der Waals surface area contributed by atoms with Crippen molar-refractivity contribution in [3.63, 3.8) is 0 Å². The maximum atomic E-state index is 13.1. The van der Waals surface area contributed by atoms with Gasteiger partial charge < -0.3 is 76.9 Å². The molecule has 0 bridgehead atoms. The molecule has 0 aromatic heterocycles. The average Bonchev–Trinajstić information content (AvgIpc) is 3.66. The molecule has 0 radical (unpaired) electrons. The zero-order valence-electron chi connectivity index (χ0n) is 42.2. The van der Waals surface area contributed by atoms with Crippen molar-refractivity contribution in [3.05, 3.63) is 59.7 Å². The Morgan fingerprint density at radius 1 is 0.514 bits per heavy atom. The molecule has 398 valence electrons. The first kappa shape index (κ1) is 60.5. The number of amides is 2. The van der Waals surface area contributed by atoms with E-state index in [1.54, 1.807) is 27.9 Å². The van der Waals surface area contributed by atoms with Gasteiger partial charge >= 0.3 is 12.1 Å². The molecule has 1 atom stereocenters. The molecule has 1 aliphatic rings. The second-order valence-corrected chi connectivity index (χ2v) is 16.9. The lowest BCUT2D eigenvalue weighted by Crippen LogP contribution is -2.44. The lowest BCUT2D eigenvalue weighted by Gasteiger charge is -2.24. The molecule has 70 heavy (non-hydrogen) atoms. The quantitative estimate of drug-likeness (QED) is 0.0680. The number of nitrogens with one attached hydrogen (secondary N) is 2. The van der Waals surface area contributed by atoms with Gasteiger partial charge in [-0.15, -0.1) is 0 Å². The van der Waals surface area contributed by atoms with Gasteiger partial charge in [0.15, 0.2) is 0 Å². The predicted molar refractivity (Wildman–Crippen MR) is 260 cm³/mol. The second-order valence-electron chi connectivity index (χ2n) is 16.9. The highest BCUT2D eigenvalue weighted by Crippen LogP contribution is 2.44. The van der Waals surface area contributed by atoms with Crippen molar-refractivity contribution in [2.45, 2.75) is 64.0 Å². The van der Waals surface area contributed by atoms with E-state index in [2.05, 4.69) is 34.9 Å². The van der Waals surface area contributed by atoms with Crippen molar-refractivity contribution in [2.75, 3.05) is 172 Å². The van der Waals surface area contributed by atoms with E-state index in [0.29, 0.717) is 171 Å². The van der Waals surface area contributed by atoms with Crippen molar-refractivity contribution in [2.24, 2.45) is 0 Å². The van der Waals surface area contributed by atoms with Crippen molar-refractivity contribution in [1.29, 1.82) is 0 Å². The molecule has 0 unspecified atom stereocenters. The molecule has 0 saturated carbocycles. The Kier molecular flexibility index (Phi) is 34.3. The summed E-state index contributed by atoms with van der Waals surface area (Å²) in [5.74, 6) is -0.773. The highest BCUT2D eigenvalue weighted by atomic mass is 16.6. The minimum Gasteiger partial charge on any atom is -0.458 e. The summed E-state index contributed by atoms with van der Waals surface area (Å²) in [7, 11) is 1.64. The van der Waals surface area contributed by atoms with Crippen LogP contribution < -0.4 is 10.6 Å². The summed E-state index contributed by atoms with van der Waals surface area (Å²) >= 11 is 0. The van der Waals surface area contributed by atoms with Crippen LogP contribution in [0.15, 0.2) is 48.5 Å². The zero-order chi connectivity index (χ0) is 50.2. The highest BCUT2D eigenvalue weighted by Gasteiger charge is 2.31. The molecule has 2 aromatic rings. The van der Waals surface area contributed by atoms with Crippen LogP contribution in [-0.4, -0.2) is 202 Å². The van der Waals surface area contributed by atoms with Crippen LogP contribution in [-0.2, 0) is 75.9 Å². The Balaban J connectivity index is 1.04. The van der Waals surface area contributed by atoms with Crippen LogP contribution in [0.5, 0.6) is 0 Å². The van der Waals surface area contributed by atoms with Gasteiger partial charge in [-0.2, -0.15) is 0 Å². The molecule has 1 aliphatic carbocycles. The van der Waals surface area contributed by atoms with E-state index in [1.807, 2.05) is 24.3 Å². The van der Waals surface area contributed by atoms with Gasteiger partial charge in [-0.25, -0.2) is 9.59 Å². The number of methoxy groups -OCH3 is 1. The van der Waals surface area contributed by atoms with E-state index in [9.17, 15) is 14.4 Å². The Morgan fingerprint density at radius 2 is 0.886 bits per heavy atom. The van der Waals surface area contributed by atoms with Crippen molar-refractivity contribution in [1.82, 2.24) is 10.6 Å². The number of benzene rings is 2. The third kappa shape index (κ3) is 29.5. The molecule has 0 saturated heterocycles. The number of carbonyl (C=O) groups is 3. The molecule has 3 rings (SSSR count). The summed E-state index contributed by atoms with van der Waals surface area (Å²) in [6.45, 7) is 16.7. The minimum atomic E-state index is -0.898. The highest BCUT2D eigenvalue weighted by molar-refractivity contribution is 5.82. The number of fused-ring (bicyclic) bond motifs is 3. The largest absolute Gasteiger partial charge is 0.458 e. The summed E-state index contributed by atoms with van der Waals surface area (Å²) in [5.41, 5.74) is 3.73. The SMILES string of the molecule is COCCOCCOCCOCCOCCOCCOCCOCCOCCOCCOCCOCCC(=O)NCCCC[C@H](NC(=O)OCC1c2ccccc2-c2ccccc21)C(=O)OC(C)(C)C. The smallest absolute Gasteiger partial charge is 0.407 e. The van der Waals surface area contributed by atoms with Crippen LogP contribution in [0, 0.1) is 0 Å². The number of hydrogen-bond acceptors (Lipinski definition) is 17. The van der Waals surface area contributed by atoms with Crippen LogP contribution in [0.4, 0.5) is 4.79 Å². The van der Waals surface area contributed by atoms with E-state index < -0.39 is 23.7 Å². The van der Waals surface area contributed by atoms with E-state index in [0.717, 1.165) is 22.3 Å². The minimum absolute atomic E-state index is 0.101. The Labute approximate surface area is 415 Å². The first-order valence-electron chi connectivity index (χ1n) is 24.6. The summed E-state index contributed by atoms with van der Waals surface area (Å²) in [4.78, 5) is 38.4. The van der Waals surface area contributed by atoms with E-state index in [-0.39, 0.29) is 31.5 Å². The number of esters is 1. The number of alkyl carbamates (subject to hydrolysis) is 1. The molecule has 19 nitrogen and oxygen atoms in total. The first-order valence-corrected chi connectivity index (χ1v) is 24.6. The van der Waals surface area contributed by atoms with Gasteiger partial charge in [-0.1, -0.05) is 48.5 Å². The molecular weight excluding hydrogens is 913 g/mol. The fourth-order valence-corrected chi connectivity index (χ4v) is 6.80. The maximum Gasteiger partial charge on any atom is 0.407 e. The van der Waals surface area contributed by atoms with Crippen LogP contribution in [0.3, 0.4) is 0 Å². The molecule has 0 fully saturated rings. The topological polar surface area (TPSA) is 204 Å². The van der Waals surface area contributed by atoms with Gasteiger partial charge in [-0.05, 0) is 62.3 Å². The number of ether oxygens (including phenoxy) is 14. The third-order valence-corrected chi connectivity index (χ3v) is 10.2. The van der Waals surface area contributed by atoms with Gasteiger partial charge in [0.25, 0.3) is 0 Å². The van der Waals surface area contributed by atoms with Gasteiger partial charge in [0.05, 0.1) is 152 Å². The molecule has 2 aromatic carbocycles. The number of hydrogen-bond donors (Lipinski definition) is 2. The Hall–Kier alpha value is -3.83. The lowest BCUT2D eigenvalue weighted by atomic mass is 9.98. The van der Waals surface area contributed by atoms with Gasteiger partial charge in [0.1, 0.15) is 18.2 Å². The normalized spacial score (nSPS) is 12.7. The van der Waals surface area contributed by atoms with Gasteiger partial charge in [0, 0.05) is 26.0 Å². The van der Waals surface area contributed by atoms with E-state index >= 15 is 0 Å². The molecule has 2 N–H and O–H groups in total. The second kappa shape index (κ2) is 39.7. The molecule has 19 heteroatoms. The number of rotatable bonds is 45. The molecule has 2 amide bonds. The fourth-order valence-electron chi connectivity index (χ4n) is 6.80. The number of carbonyl (C=O) groups excluding carboxylic acids is 3. The average molecular weight is 995 g/mol. The molecule has 0 aliphatic heterocycles. The van der Waals surface area contributed by atoms with Crippen LogP contribution in [0.1, 0.15) is 63.5 Å². The third-order valence-electron chi connectivity index (χ3n) is 10.2. The maximum absolute atomic E-state index is 13.1. The molecule has 0 heterocycles. The predicted octanol–water partition coefficient (Wildman–Crippen LogP) is 4.74. The zero-order valence-corrected chi connectivity index (χ0v) is 42.2. The number of unbranched alkanes of at least 4 members (excludes halogenated alkanes) is 1. The molecular formula is C51H82N2O17. The monoisotopic (exact) mass is 995 g/mol. The Morgan fingerprint density at radius 3 is 1.27 bits per heavy atom. The van der Waals surface area contributed by atoms with Gasteiger partial charge in [-0.3, -0.25) is 4.79 Å². The van der Waals surface area contributed by atoms with E-state index in [4.69, 9.17) is 66.3 Å². The van der Waals surface area contributed by atoms with Crippen LogP contribution in [0.25, 0.3) is 11.1 Å². The van der Waals surface area contributed by atoms with Crippen molar-refractivity contribution < 1.29 is 80.7 Å². The van der Waals surface area contributed by atoms with E-state index in [1.165, 1.54) is 0 Å². The van der Waals surface area contributed by atoms with Gasteiger partial charge in [0.2, 0.25) is 5.91 Å². The first-order chi connectivity index (χ1) is 34.2. The Bertz CT molecular complexity index is 1600. The van der Waals surface area contributed by atoms with Crippen molar-refractivity contribution in [3.8, 4) is 11.1 Å². The lowest BCUT2D eigenvalue weighted by molar-refractivity contribution is -0.157. The van der Waals surface area contributed by atoms with Crippen LogP contribution in [0.2, 0.25) is 0 Å². The summed E-state index contributed by atoms with van der Waals surface area (Å²) in [5, 5.41) is 5.60. The summed E-state index contributed by atoms with van der Waals surface area (Å²) in [6.07, 6.45) is 1.02. The molecule has 0 spiro atoms.